The Morgan fingerprint density at radius 2 is 1.95 bits per heavy atom. The molecule has 3 heterocycles. The van der Waals surface area contributed by atoms with Crippen molar-refractivity contribution >= 4 is 46.5 Å². The third-order valence-corrected chi connectivity index (χ3v) is 8.64. The van der Waals surface area contributed by atoms with E-state index >= 15 is 0 Å². The first-order valence-corrected chi connectivity index (χ1v) is 14.9. The van der Waals surface area contributed by atoms with Crippen LogP contribution in [-0.2, 0) is 4.79 Å². The van der Waals surface area contributed by atoms with Crippen LogP contribution in [0.1, 0.15) is 19.8 Å². The quantitative estimate of drug-likeness (QED) is 0.296. The summed E-state index contributed by atoms with van der Waals surface area (Å²) in [5, 5.41) is 24.9. The van der Waals surface area contributed by atoms with Crippen molar-refractivity contribution in [3.05, 3.63) is 53.4 Å². The van der Waals surface area contributed by atoms with E-state index in [0.29, 0.717) is 44.7 Å². The van der Waals surface area contributed by atoms with Crippen LogP contribution < -0.4 is 10.6 Å². The number of halogens is 2. The fraction of sp³-hybridized carbons (Fsp3) is 0.429. The van der Waals surface area contributed by atoms with Gasteiger partial charge in [-0.25, -0.2) is 9.37 Å². The number of carbonyl (C=O) groups is 1. The molecule has 12 heteroatoms. The number of pyridine rings is 1. The minimum Gasteiger partial charge on any atom is -0.396 e. The average molecular weight is 586 g/mol. The maximum absolute atomic E-state index is 14.5. The summed E-state index contributed by atoms with van der Waals surface area (Å²) in [7, 11) is 0. The Balaban J connectivity index is 1.25. The standard InChI is InChI=1S/C28H33ClFN7O2S/c1-2-36-7-9-37(10-8-36)21-13-18(14-21)27(39)33-26-16-20(5-6-31-26)32-25-17-24(34-35-28(25)40-12-11-38)22-15-19(29)3-4-23(22)30/h3-6,15-18,21,38H,2,7-14H2,1H3,(H2,31,32,33,34,39)/t18-,21-. The highest BCUT2D eigenvalue weighted by atomic mass is 35.5. The van der Waals surface area contributed by atoms with Crippen LogP contribution in [0.25, 0.3) is 11.3 Å². The molecule has 2 aliphatic rings. The van der Waals surface area contributed by atoms with Gasteiger partial charge in [-0.2, -0.15) is 0 Å². The zero-order chi connectivity index (χ0) is 28.1. The Hall–Kier alpha value is -2.83. The van der Waals surface area contributed by atoms with Gasteiger partial charge in [-0.3, -0.25) is 9.69 Å². The number of aromatic nitrogens is 3. The molecule has 0 bridgehead atoms. The lowest BCUT2D eigenvalue weighted by Gasteiger charge is -2.45. The van der Waals surface area contributed by atoms with Crippen molar-refractivity contribution < 1.29 is 14.3 Å². The van der Waals surface area contributed by atoms with Crippen molar-refractivity contribution in [1.82, 2.24) is 25.0 Å². The number of likely N-dealkylation sites (N-methyl/N-ethyl adjacent to an activating group) is 1. The number of piperazine rings is 1. The number of nitrogens with one attached hydrogen (secondary N) is 2. The molecule has 3 aromatic rings. The largest absolute Gasteiger partial charge is 0.396 e. The number of anilines is 3. The molecule has 1 amide bonds. The van der Waals surface area contributed by atoms with Crippen LogP contribution in [0.4, 0.5) is 21.6 Å². The minimum absolute atomic E-state index is 0.0171. The van der Waals surface area contributed by atoms with E-state index in [4.69, 9.17) is 11.6 Å². The summed E-state index contributed by atoms with van der Waals surface area (Å²) < 4.78 is 14.5. The second-order valence-corrected chi connectivity index (χ2v) is 11.5. The molecular weight excluding hydrogens is 553 g/mol. The fourth-order valence-corrected chi connectivity index (χ4v) is 5.87. The molecule has 1 aliphatic heterocycles. The second kappa shape index (κ2) is 13.2. The lowest BCUT2D eigenvalue weighted by molar-refractivity contribution is -0.124. The van der Waals surface area contributed by atoms with Gasteiger partial charge in [0.05, 0.1) is 18.0 Å². The van der Waals surface area contributed by atoms with Crippen molar-refractivity contribution in [2.24, 2.45) is 5.92 Å². The Morgan fingerprint density at radius 1 is 1.15 bits per heavy atom. The normalized spacial score (nSPS) is 19.7. The van der Waals surface area contributed by atoms with Crippen molar-refractivity contribution in [2.45, 2.75) is 30.8 Å². The van der Waals surface area contributed by atoms with E-state index in [1.165, 1.54) is 30.0 Å². The third-order valence-electron chi connectivity index (χ3n) is 7.44. The molecule has 40 heavy (non-hydrogen) atoms. The van der Waals surface area contributed by atoms with Crippen LogP contribution in [-0.4, -0.2) is 87.1 Å². The summed E-state index contributed by atoms with van der Waals surface area (Å²) >= 11 is 7.40. The van der Waals surface area contributed by atoms with E-state index in [9.17, 15) is 14.3 Å². The molecule has 0 atom stereocenters. The van der Waals surface area contributed by atoms with Gasteiger partial charge in [0.15, 0.2) is 0 Å². The molecule has 0 radical (unpaired) electrons. The number of hydrogen-bond donors (Lipinski definition) is 3. The second-order valence-electron chi connectivity index (χ2n) is 9.98. The summed E-state index contributed by atoms with van der Waals surface area (Å²) in [6.07, 6.45) is 3.35. The fourth-order valence-electron chi connectivity index (χ4n) is 5.05. The van der Waals surface area contributed by atoms with Gasteiger partial charge in [-0.1, -0.05) is 18.5 Å². The number of thioether (sulfide) groups is 1. The lowest BCUT2D eigenvalue weighted by atomic mass is 9.78. The van der Waals surface area contributed by atoms with Gasteiger partial charge < -0.3 is 20.6 Å². The Kier molecular flexibility index (Phi) is 9.48. The van der Waals surface area contributed by atoms with Gasteiger partial charge in [-0.05, 0) is 49.7 Å². The number of aliphatic hydroxyl groups excluding tert-OH is 1. The molecule has 1 aliphatic carbocycles. The van der Waals surface area contributed by atoms with E-state index in [0.717, 1.165) is 45.6 Å². The zero-order valence-electron chi connectivity index (χ0n) is 22.3. The molecule has 9 nitrogen and oxygen atoms in total. The van der Waals surface area contributed by atoms with E-state index in [1.807, 2.05) is 0 Å². The highest BCUT2D eigenvalue weighted by molar-refractivity contribution is 7.99. The first-order valence-electron chi connectivity index (χ1n) is 13.5. The Morgan fingerprint density at radius 3 is 2.70 bits per heavy atom. The summed E-state index contributed by atoms with van der Waals surface area (Å²) in [5.74, 6) is 0.367. The maximum atomic E-state index is 14.5. The van der Waals surface area contributed by atoms with Crippen molar-refractivity contribution in [1.29, 1.82) is 0 Å². The van der Waals surface area contributed by atoms with Crippen LogP contribution in [0.3, 0.4) is 0 Å². The van der Waals surface area contributed by atoms with Crippen molar-refractivity contribution in [2.75, 3.05) is 55.7 Å². The number of amides is 1. The summed E-state index contributed by atoms with van der Waals surface area (Å²) in [5.41, 5.74) is 1.79. The zero-order valence-corrected chi connectivity index (χ0v) is 23.9. The molecule has 2 aromatic heterocycles. The Bertz CT molecular complexity index is 1340. The van der Waals surface area contributed by atoms with Gasteiger partial charge in [0.25, 0.3) is 0 Å². The molecule has 1 saturated heterocycles. The SMILES string of the molecule is CCN1CCN([C@H]2C[C@H](C(=O)Nc3cc(Nc4cc(-c5cc(Cl)ccc5F)nnc4SCCO)ccn3)C2)CC1. The van der Waals surface area contributed by atoms with Crippen molar-refractivity contribution in [3.63, 3.8) is 0 Å². The third kappa shape index (κ3) is 6.90. The van der Waals surface area contributed by atoms with Gasteiger partial charge >= 0.3 is 0 Å². The predicted molar refractivity (Wildman–Crippen MR) is 157 cm³/mol. The number of benzene rings is 1. The van der Waals surface area contributed by atoms with E-state index in [2.05, 4.69) is 42.5 Å². The number of aliphatic hydroxyl groups is 1. The van der Waals surface area contributed by atoms with Crippen molar-refractivity contribution in [3.8, 4) is 11.3 Å². The van der Waals surface area contributed by atoms with E-state index in [-0.39, 0.29) is 24.0 Å². The summed E-state index contributed by atoms with van der Waals surface area (Å²) in [4.78, 5) is 22.2. The minimum atomic E-state index is -0.462. The smallest absolute Gasteiger partial charge is 0.228 e. The molecule has 0 unspecified atom stereocenters. The van der Waals surface area contributed by atoms with Gasteiger partial charge in [0.2, 0.25) is 5.91 Å². The van der Waals surface area contributed by atoms with Crippen LogP contribution in [0.15, 0.2) is 47.6 Å². The van der Waals surface area contributed by atoms with Crippen LogP contribution in [0, 0.1) is 11.7 Å². The molecular formula is C28H33ClFN7O2S. The number of rotatable bonds is 10. The lowest BCUT2D eigenvalue weighted by Crippen LogP contribution is -2.55. The van der Waals surface area contributed by atoms with E-state index in [1.54, 1.807) is 24.4 Å². The first kappa shape index (κ1) is 28.7. The highest BCUT2D eigenvalue weighted by Crippen LogP contribution is 2.35. The van der Waals surface area contributed by atoms with Gasteiger partial charge in [-0.15, -0.1) is 22.0 Å². The van der Waals surface area contributed by atoms with E-state index < -0.39 is 5.82 Å². The van der Waals surface area contributed by atoms with Crippen LogP contribution in [0.2, 0.25) is 5.02 Å². The predicted octanol–water partition coefficient (Wildman–Crippen LogP) is 4.51. The summed E-state index contributed by atoms with van der Waals surface area (Å²) in [6, 6.07) is 9.95. The number of carbonyl (C=O) groups excluding carboxylic acids is 1. The molecule has 1 saturated carbocycles. The molecule has 1 aromatic carbocycles. The highest BCUT2D eigenvalue weighted by Gasteiger charge is 2.38. The Labute approximate surface area is 242 Å². The first-order chi connectivity index (χ1) is 19.4. The number of hydrogen-bond acceptors (Lipinski definition) is 9. The summed E-state index contributed by atoms with van der Waals surface area (Å²) in [6.45, 7) is 7.57. The topological polar surface area (TPSA) is 107 Å². The molecule has 5 rings (SSSR count). The number of nitrogens with zero attached hydrogens (tertiary/aromatic N) is 5. The molecule has 212 valence electrons. The van der Waals surface area contributed by atoms with Gasteiger partial charge in [0, 0.05) is 72.4 Å². The molecule has 2 fully saturated rings. The van der Waals surface area contributed by atoms with Crippen LogP contribution in [0.5, 0.6) is 0 Å². The monoisotopic (exact) mass is 585 g/mol. The van der Waals surface area contributed by atoms with Crippen LogP contribution >= 0.6 is 23.4 Å². The maximum Gasteiger partial charge on any atom is 0.228 e. The molecule has 3 N–H and O–H groups in total. The van der Waals surface area contributed by atoms with Gasteiger partial charge in [0.1, 0.15) is 16.7 Å². The molecule has 0 spiro atoms. The average Bonchev–Trinajstić information content (AvgIpc) is 2.93.